The van der Waals surface area contributed by atoms with Crippen LogP contribution >= 0.6 is 0 Å². The summed E-state index contributed by atoms with van der Waals surface area (Å²) >= 11 is 0. The van der Waals surface area contributed by atoms with E-state index in [4.69, 9.17) is 4.99 Å². The molecule has 2 aromatic carbocycles. The number of fused-ring (bicyclic) bond motifs is 1. The molecule has 39 heavy (non-hydrogen) atoms. The summed E-state index contributed by atoms with van der Waals surface area (Å²) in [6, 6.07) is 18.8. The van der Waals surface area contributed by atoms with Gasteiger partial charge in [-0.25, -0.2) is 0 Å². The second-order valence-corrected chi connectivity index (χ2v) is 10.9. The van der Waals surface area contributed by atoms with Gasteiger partial charge in [-0.05, 0) is 75.3 Å². The van der Waals surface area contributed by atoms with E-state index >= 15 is 0 Å². The lowest BCUT2D eigenvalue weighted by Crippen LogP contribution is -2.41. The lowest BCUT2D eigenvalue weighted by atomic mass is 9.98. The highest BCUT2D eigenvalue weighted by atomic mass is 16.2. The lowest BCUT2D eigenvalue weighted by molar-refractivity contribution is -0.132. The number of amides is 2. The third-order valence-corrected chi connectivity index (χ3v) is 8.16. The molecular weight excluding hydrogens is 484 g/mol. The largest absolute Gasteiger partial charge is 0.343 e. The highest BCUT2D eigenvalue weighted by Crippen LogP contribution is 2.40. The molecule has 3 aliphatic rings. The number of rotatable bonds is 7. The van der Waals surface area contributed by atoms with Crippen LogP contribution < -0.4 is 0 Å². The van der Waals surface area contributed by atoms with Crippen LogP contribution in [0.25, 0.3) is 22.0 Å². The predicted molar refractivity (Wildman–Crippen MR) is 158 cm³/mol. The average molecular weight is 525 g/mol. The van der Waals surface area contributed by atoms with E-state index in [-0.39, 0.29) is 5.91 Å². The van der Waals surface area contributed by atoms with Crippen LogP contribution in [0.15, 0.2) is 65.8 Å². The van der Waals surface area contributed by atoms with Crippen LogP contribution in [0, 0.1) is 5.92 Å². The molecule has 1 aliphatic heterocycles. The fourth-order valence-electron chi connectivity index (χ4n) is 5.81. The molecule has 0 bridgehead atoms. The topological polar surface area (TPSA) is 65.9 Å². The summed E-state index contributed by atoms with van der Waals surface area (Å²) in [5.41, 5.74) is 3.84. The first-order valence-electron chi connectivity index (χ1n) is 14.7. The number of pyridine rings is 1. The van der Waals surface area contributed by atoms with Crippen molar-refractivity contribution in [2.75, 3.05) is 19.6 Å². The Labute approximate surface area is 232 Å². The van der Waals surface area contributed by atoms with Gasteiger partial charge in [0.15, 0.2) is 0 Å². The quantitative estimate of drug-likeness (QED) is 0.355. The van der Waals surface area contributed by atoms with Crippen molar-refractivity contribution in [1.29, 1.82) is 0 Å². The van der Waals surface area contributed by atoms with Crippen LogP contribution in [0.4, 0.5) is 0 Å². The molecule has 1 spiro atoms. The van der Waals surface area contributed by atoms with Gasteiger partial charge in [-0.2, -0.15) is 0 Å². The SMILES string of the molecule is CCCN(CC)C(=O)C1CC1.CCN1C(=O)C2(CCCC2)N=C1c1ccc(-c2ccc3ncccc3c2)cc1. The van der Waals surface area contributed by atoms with Crippen LogP contribution in [0.3, 0.4) is 0 Å². The van der Waals surface area contributed by atoms with E-state index in [9.17, 15) is 9.59 Å². The Morgan fingerprint density at radius 2 is 1.67 bits per heavy atom. The maximum Gasteiger partial charge on any atom is 0.256 e. The molecular formula is C33H40N4O2. The summed E-state index contributed by atoms with van der Waals surface area (Å²) in [7, 11) is 0. The molecule has 2 saturated carbocycles. The maximum atomic E-state index is 13.0. The van der Waals surface area contributed by atoms with Crippen molar-refractivity contribution < 1.29 is 9.59 Å². The van der Waals surface area contributed by atoms with Crippen LogP contribution in [0.5, 0.6) is 0 Å². The molecule has 2 amide bonds. The van der Waals surface area contributed by atoms with E-state index in [0.717, 1.165) is 91.5 Å². The van der Waals surface area contributed by atoms with Crippen molar-refractivity contribution >= 4 is 28.6 Å². The zero-order chi connectivity index (χ0) is 27.4. The van der Waals surface area contributed by atoms with Gasteiger partial charge in [-0.15, -0.1) is 0 Å². The number of carbonyl (C=O) groups is 2. The first-order chi connectivity index (χ1) is 19.0. The fourth-order valence-corrected chi connectivity index (χ4v) is 5.81. The summed E-state index contributed by atoms with van der Waals surface area (Å²) in [5, 5.41) is 1.13. The van der Waals surface area contributed by atoms with Crippen molar-refractivity contribution in [2.45, 2.75) is 71.3 Å². The normalized spacial score (nSPS) is 17.8. The number of benzene rings is 2. The zero-order valence-corrected chi connectivity index (χ0v) is 23.5. The van der Waals surface area contributed by atoms with Crippen molar-refractivity contribution in [2.24, 2.45) is 10.9 Å². The molecule has 0 N–H and O–H groups in total. The summed E-state index contributed by atoms with van der Waals surface area (Å²) in [6.45, 7) is 8.67. The lowest BCUT2D eigenvalue weighted by Gasteiger charge is -2.21. The van der Waals surface area contributed by atoms with Crippen molar-refractivity contribution in [3.63, 3.8) is 0 Å². The minimum Gasteiger partial charge on any atom is -0.343 e. The van der Waals surface area contributed by atoms with Gasteiger partial charge >= 0.3 is 0 Å². The van der Waals surface area contributed by atoms with Crippen LogP contribution in [0.1, 0.15) is 71.3 Å². The smallest absolute Gasteiger partial charge is 0.256 e. The van der Waals surface area contributed by atoms with E-state index in [1.807, 2.05) is 29.0 Å². The zero-order valence-electron chi connectivity index (χ0n) is 23.5. The van der Waals surface area contributed by atoms with E-state index in [2.05, 4.69) is 67.4 Å². The molecule has 0 atom stereocenters. The Hall–Kier alpha value is -3.54. The highest BCUT2D eigenvalue weighted by molar-refractivity contribution is 6.15. The van der Waals surface area contributed by atoms with Crippen molar-refractivity contribution in [1.82, 2.24) is 14.8 Å². The molecule has 0 saturated heterocycles. The van der Waals surface area contributed by atoms with Gasteiger partial charge < -0.3 is 4.90 Å². The highest BCUT2D eigenvalue weighted by Gasteiger charge is 2.49. The Bertz CT molecular complexity index is 1350. The first-order valence-corrected chi connectivity index (χ1v) is 14.7. The van der Waals surface area contributed by atoms with Gasteiger partial charge in [0.2, 0.25) is 5.91 Å². The maximum absolute atomic E-state index is 13.0. The molecule has 0 radical (unpaired) electrons. The molecule has 6 nitrogen and oxygen atoms in total. The predicted octanol–water partition coefficient (Wildman–Crippen LogP) is 6.48. The van der Waals surface area contributed by atoms with Crippen molar-refractivity contribution in [3.05, 3.63) is 66.4 Å². The van der Waals surface area contributed by atoms with Gasteiger partial charge in [-0.1, -0.05) is 56.2 Å². The molecule has 6 heteroatoms. The van der Waals surface area contributed by atoms with Crippen LogP contribution in [-0.2, 0) is 9.59 Å². The summed E-state index contributed by atoms with van der Waals surface area (Å²) in [5.74, 6) is 1.80. The molecule has 2 aliphatic carbocycles. The number of aromatic nitrogens is 1. The Morgan fingerprint density at radius 3 is 2.31 bits per heavy atom. The number of hydrogen-bond donors (Lipinski definition) is 0. The molecule has 0 unspecified atom stereocenters. The van der Waals surface area contributed by atoms with Crippen molar-refractivity contribution in [3.8, 4) is 11.1 Å². The number of aliphatic imine (C=N–C) groups is 1. The molecule has 2 fully saturated rings. The van der Waals surface area contributed by atoms with Gasteiger partial charge in [0.05, 0.1) is 5.52 Å². The van der Waals surface area contributed by atoms with E-state index in [0.29, 0.717) is 18.4 Å². The van der Waals surface area contributed by atoms with Gasteiger partial charge in [0.1, 0.15) is 11.4 Å². The summed E-state index contributed by atoms with van der Waals surface area (Å²) in [4.78, 5) is 37.6. The van der Waals surface area contributed by atoms with Gasteiger partial charge in [0.25, 0.3) is 5.91 Å². The minimum absolute atomic E-state index is 0.189. The Morgan fingerprint density at radius 1 is 0.974 bits per heavy atom. The number of amidine groups is 1. The standard InChI is InChI=1S/C24H23N3O.C9H17NO/c1-2-27-22(26-24(23(27)28)13-3-4-14-24)18-9-7-17(8-10-18)19-11-12-21-20(16-19)6-5-15-25-21;1-3-7-10(4-2)9(11)8-5-6-8/h5-12,15-16H,2-4,13-14H2,1H3;8H,3-7H2,1-2H3. The molecule has 3 aromatic rings. The second-order valence-electron chi connectivity index (χ2n) is 10.9. The van der Waals surface area contributed by atoms with E-state index in [1.165, 1.54) is 0 Å². The number of hydrogen-bond acceptors (Lipinski definition) is 4. The monoisotopic (exact) mass is 524 g/mol. The summed E-state index contributed by atoms with van der Waals surface area (Å²) < 4.78 is 0. The van der Waals surface area contributed by atoms with E-state index in [1.54, 1.807) is 0 Å². The molecule has 1 aromatic heterocycles. The van der Waals surface area contributed by atoms with E-state index < -0.39 is 5.54 Å². The molecule has 204 valence electrons. The fraction of sp³-hybridized carbons (Fsp3) is 0.455. The third kappa shape index (κ3) is 5.61. The first kappa shape index (κ1) is 27.0. The Kier molecular flexibility index (Phi) is 8.10. The molecule has 2 heterocycles. The van der Waals surface area contributed by atoms with Crippen LogP contribution in [0.2, 0.25) is 0 Å². The third-order valence-electron chi connectivity index (χ3n) is 8.16. The second kappa shape index (κ2) is 11.7. The number of likely N-dealkylation sites (N-methyl/N-ethyl adjacent to an activating group) is 1. The average Bonchev–Trinajstić information content (AvgIpc) is 3.66. The van der Waals surface area contributed by atoms with Gasteiger partial charge in [-0.3, -0.25) is 24.5 Å². The number of carbonyl (C=O) groups excluding carboxylic acids is 2. The number of nitrogens with zero attached hydrogens (tertiary/aromatic N) is 4. The minimum atomic E-state index is -0.491. The summed E-state index contributed by atoms with van der Waals surface area (Å²) in [6.07, 6.45) is 9.09. The Balaban J connectivity index is 0.000000237. The van der Waals surface area contributed by atoms with Gasteiger partial charge in [0, 0.05) is 42.7 Å². The molecule has 6 rings (SSSR count). The van der Waals surface area contributed by atoms with Crippen LogP contribution in [-0.4, -0.2) is 57.6 Å².